The van der Waals surface area contributed by atoms with Crippen LogP contribution in [0.25, 0.3) is 0 Å². The highest BCUT2D eigenvalue weighted by molar-refractivity contribution is 5.85. The first-order valence-electron chi connectivity index (χ1n) is 6.71. The van der Waals surface area contributed by atoms with Gasteiger partial charge in [-0.3, -0.25) is 21.7 Å². The zero-order chi connectivity index (χ0) is 11.9. The lowest BCUT2D eigenvalue weighted by atomic mass is 10.1. The molecule has 0 saturated carbocycles. The number of unbranched alkanes of at least 4 members (excludes halogenated alkanes) is 7. The average Bonchev–Trinajstić information content (AvgIpc) is 2.31. The summed E-state index contributed by atoms with van der Waals surface area (Å²) in [4.78, 5) is 0. The molecule has 0 spiro atoms. The fourth-order valence-corrected chi connectivity index (χ4v) is 1.74. The SMILES string of the molecule is CNNCCCCCCCCCCNNC.Cl.Cl. The van der Waals surface area contributed by atoms with Crippen molar-refractivity contribution in [2.45, 2.75) is 51.4 Å². The molecule has 0 aliphatic carbocycles. The van der Waals surface area contributed by atoms with Gasteiger partial charge in [-0.15, -0.1) is 24.8 Å². The van der Waals surface area contributed by atoms with E-state index in [1.54, 1.807) is 0 Å². The minimum atomic E-state index is 0. The molecule has 0 aromatic rings. The Bertz CT molecular complexity index is 115. The molecule has 4 N–H and O–H groups in total. The van der Waals surface area contributed by atoms with Crippen molar-refractivity contribution in [1.29, 1.82) is 0 Å². The lowest BCUT2D eigenvalue weighted by Crippen LogP contribution is -2.28. The standard InChI is InChI=1S/C12H30N4.2ClH/c1-13-15-11-9-7-5-3-4-6-8-10-12-16-14-2;;/h13-16H,3-12H2,1-2H3;2*1H. The molecule has 4 nitrogen and oxygen atoms in total. The van der Waals surface area contributed by atoms with E-state index in [0.29, 0.717) is 0 Å². The number of hydrogen-bond donors (Lipinski definition) is 4. The summed E-state index contributed by atoms with van der Waals surface area (Å²) in [6.45, 7) is 2.18. The van der Waals surface area contributed by atoms with E-state index in [9.17, 15) is 0 Å². The van der Waals surface area contributed by atoms with Crippen molar-refractivity contribution >= 4 is 24.8 Å². The predicted molar refractivity (Wildman–Crippen MR) is 85.6 cm³/mol. The molecule has 0 unspecified atom stereocenters. The highest BCUT2D eigenvalue weighted by atomic mass is 35.5. The van der Waals surface area contributed by atoms with Crippen LogP contribution in [0, 0.1) is 0 Å². The van der Waals surface area contributed by atoms with E-state index in [1.165, 1.54) is 51.4 Å². The van der Waals surface area contributed by atoms with Crippen molar-refractivity contribution in [2.75, 3.05) is 27.2 Å². The zero-order valence-electron chi connectivity index (χ0n) is 11.9. The summed E-state index contributed by atoms with van der Waals surface area (Å²) in [5.41, 5.74) is 12.1. The second-order valence-corrected chi connectivity index (χ2v) is 4.18. The van der Waals surface area contributed by atoms with Gasteiger partial charge in [0.1, 0.15) is 0 Å². The minimum absolute atomic E-state index is 0. The molecule has 0 atom stereocenters. The van der Waals surface area contributed by atoms with Crippen LogP contribution < -0.4 is 21.7 Å². The molecule has 6 heteroatoms. The lowest BCUT2D eigenvalue weighted by molar-refractivity contribution is 0.514. The first-order valence-corrected chi connectivity index (χ1v) is 6.71. The molecule has 114 valence electrons. The van der Waals surface area contributed by atoms with Gasteiger partial charge in [0.15, 0.2) is 0 Å². The number of hydrazine groups is 2. The van der Waals surface area contributed by atoms with E-state index in [-0.39, 0.29) is 24.8 Å². The van der Waals surface area contributed by atoms with Crippen molar-refractivity contribution in [3.8, 4) is 0 Å². The summed E-state index contributed by atoms with van der Waals surface area (Å²) in [6.07, 6.45) is 10.9. The molecule has 0 aromatic carbocycles. The van der Waals surface area contributed by atoms with Crippen molar-refractivity contribution in [3.05, 3.63) is 0 Å². The normalized spacial score (nSPS) is 9.67. The van der Waals surface area contributed by atoms with Gasteiger partial charge in [0.25, 0.3) is 0 Å². The van der Waals surface area contributed by atoms with Crippen molar-refractivity contribution in [2.24, 2.45) is 0 Å². The number of halogens is 2. The van der Waals surface area contributed by atoms with Crippen LogP contribution in [0.2, 0.25) is 0 Å². The molecule has 0 aromatic heterocycles. The van der Waals surface area contributed by atoms with Crippen molar-refractivity contribution in [1.82, 2.24) is 21.7 Å². The Hall–Kier alpha value is 0.420. The van der Waals surface area contributed by atoms with Crippen molar-refractivity contribution < 1.29 is 0 Å². The highest BCUT2D eigenvalue weighted by Gasteiger charge is 1.92. The van der Waals surface area contributed by atoms with Gasteiger partial charge in [0.05, 0.1) is 0 Å². The number of hydrogen-bond acceptors (Lipinski definition) is 4. The quantitative estimate of drug-likeness (QED) is 0.312. The molecule has 0 radical (unpaired) electrons. The first kappa shape index (κ1) is 23.5. The van der Waals surface area contributed by atoms with Gasteiger partial charge in [-0.1, -0.05) is 38.5 Å². The summed E-state index contributed by atoms with van der Waals surface area (Å²) in [7, 11) is 3.84. The molecule has 0 amide bonds. The van der Waals surface area contributed by atoms with Crippen LogP contribution in [0.15, 0.2) is 0 Å². The lowest BCUT2D eigenvalue weighted by Gasteiger charge is -2.04. The van der Waals surface area contributed by atoms with Gasteiger partial charge in [0, 0.05) is 13.1 Å². The Morgan fingerprint density at radius 1 is 0.500 bits per heavy atom. The van der Waals surface area contributed by atoms with Crippen LogP contribution in [-0.4, -0.2) is 27.2 Å². The molecule has 0 bridgehead atoms. The minimum Gasteiger partial charge on any atom is -0.261 e. The fourth-order valence-electron chi connectivity index (χ4n) is 1.74. The first-order chi connectivity index (χ1) is 7.91. The molecular weight excluding hydrogens is 271 g/mol. The summed E-state index contributed by atoms with van der Waals surface area (Å²) in [5, 5.41) is 0. The van der Waals surface area contributed by atoms with Gasteiger partial charge in [0.2, 0.25) is 0 Å². The van der Waals surface area contributed by atoms with E-state index in [0.717, 1.165) is 13.1 Å². The molecule has 0 rings (SSSR count). The van der Waals surface area contributed by atoms with Crippen LogP contribution >= 0.6 is 24.8 Å². The van der Waals surface area contributed by atoms with Gasteiger partial charge >= 0.3 is 0 Å². The maximum atomic E-state index is 3.12. The molecule has 0 fully saturated rings. The Kier molecular flexibility index (Phi) is 29.5. The second kappa shape index (κ2) is 22.6. The van der Waals surface area contributed by atoms with Crippen molar-refractivity contribution in [3.63, 3.8) is 0 Å². The number of rotatable bonds is 13. The van der Waals surface area contributed by atoms with Gasteiger partial charge in [-0.2, -0.15) is 0 Å². The third kappa shape index (κ3) is 21.7. The van der Waals surface area contributed by atoms with Crippen LogP contribution in [-0.2, 0) is 0 Å². The molecule has 0 aliphatic rings. The van der Waals surface area contributed by atoms with Crippen LogP contribution in [0.1, 0.15) is 51.4 Å². The number of nitrogens with one attached hydrogen (secondary N) is 4. The second-order valence-electron chi connectivity index (χ2n) is 4.18. The summed E-state index contributed by atoms with van der Waals surface area (Å²) >= 11 is 0. The Morgan fingerprint density at radius 2 is 0.778 bits per heavy atom. The maximum Gasteiger partial charge on any atom is 0.00996 e. The molecule has 0 saturated heterocycles. The Balaban J connectivity index is -0.00000112. The summed E-state index contributed by atoms with van der Waals surface area (Å²) < 4.78 is 0. The van der Waals surface area contributed by atoms with E-state index in [1.807, 2.05) is 14.1 Å². The Morgan fingerprint density at radius 3 is 1.06 bits per heavy atom. The molecular formula is C12H32Cl2N4. The van der Waals surface area contributed by atoms with Crippen LogP contribution in [0.5, 0.6) is 0 Å². The summed E-state index contributed by atoms with van der Waals surface area (Å²) in [6, 6.07) is 0. The van der Waals surface area contributed by atoms with E-state index in [2.05, 4.69) is 21.7 Å². The maximum absolute atomic E-state index is 3.12. The third-order valence-electron chi connectivity index (χ3n) is 2.71. The fraction of sp³-hybridized carbons (Fsp3) is 1.00. The average molecular weight is 303 g/mol. The largest absolute Gasteiger partial charge is 0.261 e. The molecule has 0 aliphatic heterocycles. The molecule has 0 heterocycles. The monoisotopic (exact) mass is 302 g/mol. The highest BCUT2D eigenvalue weighted by Crippen LogP contribution is 2.07. The predicted octanol–water partition coefficient (Wildman–Crippen LogP) is 2.40. The third-order valence-corrected chi connectivity index (χ3v) is 2.71. The van der Waals surface area contributed by atoms with Gasteiger partial charge < -0.3 is 0 Å². The summed E-state index contributed by atoms with van der Waals surface area (Å²) in [5.74, 6) is 0. The topological polar surface area (TPSA) is 48.1 Å². The van der Waals surface area contributed by atoms with Crippen LogP contribution in [0.3, 0.4) is 0 Å². The van der Waals surface area contributed by atoms with Gasteiger partial charge in [-0.05, 0) is 26.9 Å². The Labute approximate surface area is 125 Å². The zero-order valence-corrected chi connectivity index (χ0v) is 13.5. The van der Waals surface area contributed by atoms with E-state index >= 15 is 0 Å². The van der Waals surface area contributed by atoms with E-state index < -0.39 is 0 Å². The molecule has 18 heavy (non-hydrogen) atoms. The van der Waals surface area contributed by atoms with Crippen LogP contribution in [0.4, 0.5) is 0 Å². The smallest absolute Gasteiger partial charge is 0.00996 e. The van der Waals surface area contributed by atoms with E-state index in [4.69, 9.17) is 0 Å². The van der Waals surface area contributed by atoms with Gasteiger partial charge in [-0.25, -0.2) is 0 Å².